The summed E-state index contributed by atoms with van der Waals surface area (Å²) >= 11 is 2.22. The summed E-state index contributed by atoms with van der Waals surface area (Å²) in [6.45, 7) is 3.84. The number of hydrogen-bond donors (Lipinski definition) is 0. The highest BCUT2D eigenvalue weighted by Gasteiger charge is 2.00. The third kappa shape index (κ3) is 3.30. The van der Waals surface area contributed by atoms with Crippen molar-refractivity contribution in [3.05, 3.63) is 45.0 Å². The van der Waals surface area contributed by atoms with Crippen molar-refractivity contribution in [2.24, 2.45) is 0 Å². The molecule has 1 aromatic carbocycles. The second kappa shape index (κ2) is 4.56. The molecule has 13 heavy (non-hydrogen) atoms. The van der Waals surface area contributed by atoms with Gasteiger partial charge in [0.1, 0.15) is 0 Å². The van der Waals surface area contributed by atoms with Crippen LogP contribution >= 0.6 is 22.6 Å². The van der Waals surface area contributed by atoms with Crippen LogP contribution in [0.5, 0.6) is 0 Å². The van der Waals surface area contributed by atoms with Crippen molar-refractivity contribution in [3.8, 4) is 0 Å². The average molecular weight is 286 g/mol. The van der Waals surface area contributed by atoms with Crippen molar-refractivity contribution in [2.75, 3.05) is 0 Å². The van der Waals surface area contributed by atoms with Gasteiger partial charge in [-0.25, -0.2) is 0 Å². The predicted octanol–water partition coefficient (Wildman–Crippen LogP) is 3.44. The van der Waals surface area contributed by atoms with Crippen LogP contribution in [0.25, 0.3) is 0 Å². The Labute approximate surface area is 92.0 Å². The highest BCUT2D eigenvalue weighted by molar-refractivity contribution is 14.1. The summed E-state index contributed by atoms with van der Waals surface area (Å²) in [5, 5.41) is 0. The van der Waals surface area contributed by atoms with Gasteiger partial charge in [0.2, 0.25) is 0 Å². The smallest absolute Gasteiger partial charge is 0.185 e. The van der Waals surface area contributed by atoms with Crippen LogP contribution in [-0.4, -0.2) is 5.78 Å². The lowest BCUT2D eigenvalue weighted by Gasteiger charge is -1.96. The molecule has 0 aliphatic heterocycles. The van der Waals surface area contributed by atoms with Crippen LogP contribution in [0.2, 0.25) is 0 Å². The molecule has 0 spiro atoms. The molecule has 1 rings (SSSR count). The van der Waals surface area contributed by atoms with E-state index in [4.69, 9.17) is 0 Å². The fourth-order valence-corrected chi connectivity index (χ4v) is 1.32. The molecule has 1 nitrogen and oxygen atoms in total. The van der Waals surface area contributed by atoms with Gasteiger partial charge in [-0.05, 0) is 54.6 Å². The molecule has 0 heterocycles. The van der Waals surface area contributed by atoms with E-state index in [1.165, 1.54) is 0 Å². The minimum absolute atomic E-state index is 0.0800. The number of halogens is 1. The maximum absolute atomic E-state index is 11.5. The molecule has 0 unspecified atom stereocenters. The highest BCUT2D eigenvalue weighted by Crippen LogP contribution is 2.08. The van der Waals surface area contributed by atoms with Gasteiger partial charge in [0.15, 0.2) is 5.78 Å². The summed E-state index contributed by atoms with van der Waals surface area (Å²) in [6.07, 6.45) is 1.65. The molecule has 0 fully saturated rings. The first-order valence-electron chi connectivity index (χ1n) is 4.04. The topological polar surface area (TPSA) is 17.1 Å². The van der Waals surface area contributed by atoms with E-state index in [-0.39, 0.29) is 5.78 Å². The Kier molecular flexibility index (Phi) is 3.66. The van der Waals surface area contributed by atoms with E-state index in [0.717, 1.165) is 14.7 Å². The Hall–Kier alpha value is -0.640. The lowest BCUT2D eigenvalue weighted by atomic mass is 10.1. The molecule has 0 bridgehead atoms. The summed E-state index contributed by atoms with van der Waals surface area (Å²) in [5.74, 6) is 0.0800. The number of carbonyl (C=O) groups excluding carboxylic acids is 1. The van der Waals surface area contributed by atoms with Gasteiger partial charge in [0, 0.05) is 9.13 Å². The summed E-state index contributed by atoms with van der Waals surface area (Å²) in [5.41, 5.74) is 1.78. The van der Waals surface area contributed by atoms with Crippen molar-refractivity contribution in [2.45, 2.75) is 13.8 Å². The maximum Gasteiger partial charge on any atom is 0.185 e. The second-order valence-corrected chi connectivity index (χ2v) is 4.34. The minimum Gasteiger partial charge on any atom is -0.289 e. The van der Waals surface area contributed by atoms with E-state index in [2.05, 4.69) is 22.6 Å². The van der Waals surface area contributed by atoms with E-state index >= 15 is 0 Å². The average Bonchev–Trinajstić information content (AvgIpc) is 2.04. The van der Waals surface area contributed by atoms with Crippen molar-refractivity contribution in [1.29, 1.82) is 0 Å². The molecule has 2 heteroatoms. The largest absolute Gasteiger partial charge is 0.289 e. The Morgan fingerprint density at radius 2 is 1.77 bits per heavy atom. The van der Waals surface area contributed by atoms with Crippen LogP contribution in [-0.2, 0) is 0 Å². The Morgan fingerprint density at radius 3 is 2.23 bits per heavy atom. The number of carbonyl (C=O) groups is 1. The molecule has 1 aromatic rings. The van der Waals surface area contributed by atoms with Crippen LogP contribution < -0.4 is 0 Å². The molecule has 0 N–H and O–H groups in total. The van der Waals surface area contributed by atoms with E-state index in [0.29, 0.717) is 0 Å². The lowest BCUT2D eigenvalue weighted by Crippen LogP contribution is -1.94. The zero-order valence-electron chi connectivity index (χ0n) is 7.67. The van der Waals surface area contributed by atoms with E-state index in [9.17, 15) is 4.79 Å². The molecular weight excluding hydrogens is 275 g/mol. The van der Waals surface area contributed by atoms with E-state index in [1.54, 1.807) is 6.08 Å². The summed E-state index contributed by atoms with van der Waals surface area (Å²) in [6, 6.07) is 7.58. The SMILES string of the molecule is CC(C)=CC(=O)c1ccc(I)cc1. The number of allylic oxidation sites excluding steroid dienone is 2. The van der Waals surface area contributed by atoms with Gasteiger partial charge >= 0.3 is 0 Å². The minimum atomic E-state index is 0.0800. The Bertz CT molecular complexity index is 332. The first kappa shape index (κ1) is 10.4. The molecule has 0 radical (unpaired) electrons. The van der Waals surface area contributed by atoms with Crippen molar-refractivity contribution in [1.82, 2.24) is 0 Å². The van der Waals surface area contributed by atoms with Crippen LogP contribution in [0.3, 0.4) is 0 Å². The number of benzene rings is 1. The molecule has 0 aromatic heterocycles. The zero-order chi connectivity index (χ0) is 9.84. The van der Waals surface area contributed by atoms with Gasteiger partial charge in [0.05, 0.1) is 0 Å². The van der Waals surface area contributed by atoms with Gasteiger partial charge in [-0.1, -0.05) is 17.7 Å². The molecule has 68 valence electrons. The molecule has 0 amide bonds. The van der Waals surface area contributed by atoms with Crippen molar-refractivity contribution >= 4 is 28.4 Å². The van der Waals surface area contributed by atoms with Crippen LogP contribution in [0.1, 0.15) is 24.2 Å². The standard InChI is InChI=1S/C11H11IO/c1-8(2)7-11(13)9-3-5-10(12)6-4-9/h3-7H,1-2H3. The summed E-state index contributed by atoms with van der Waals surface area (Å²) < 4.78 is 1.14. The molecule has 0 saturated heterocycles. The van der Waals surface area contributed by atoms with Gasteiger partial charge in [-0.3, -0.25) is 4.79 Å². The van der Waals surface area contributed by atoms with Crippen molar-refractivity contribution in [3.63, 3.8) is 0 Å². The first-order valence-corrected chi connectivity index (χ1v) is 5.12. The number of rotatable bonds is 2. The third-order valence-electron chi connectivity index (χ3n) is 1.55. The van der Waals surface area contributed by atoms with Crippen LogP contribution in [0, 0.1) is 3.57 Å². The monoisotopic (exact) mass is 286 g/mol. The molecule has 0 atom stereocenters. The van der Waals surface area contributed by atoms with Gasteiger partial charge < -0.3 is 0 Å². The lowest BCUT2D eigenvalue weighted by molar-refractivity contribution is 0.104. The Balaban J connectivity index is 2.90. The van der Waals surface area contributed by atoms with Crippen molar-refractivity contribution < 1.29 is 4.79 Å². The summed E-state index contributed by atoms with van der Waals surface area (Å²) in [7, 11) is 0. The number of hydrogen-bond acceptors (Lipinski definition) is 1. The molecule has 0 aliphatic rings. The normalized spacial score (nSPS) is 9.46. The van der Waals surface area contributed by atoms with Gasteiger partial charge in [-0.15, -0.1) is 0 Å². The Morgan fingerprint density at radius 1 is 1.23 bits per heavy atom. The predicted molar refractivity (Wildman–Crippen MR) is 62.9 cm³/mol. The van der Waals surface area contributed by atoms with Crippen LogP contribution in [0.15, 0.2) is 35.9 Å². The fraction of sp³-hybridized carbons (Fsp3) is 0.182. The third-order valence-corrected chi connectivity index (χ3v) is 2.27. The first-order chi connectivity index (χ1) is 6.09. The molecular formula is C11H11IO. The van der Waals surface area contributed by atoms with Gasteiger partial charge in [-0.2, -0.15) is 0 Å². The molecule has 0 aliphatic carbocycles. The highest BCUT2D eigenvalue weighted by atomic mass is 127. The van der Waals surface area contributed by atoms with Crippen LogP contribution in [0.4, 0.5) is 0 Å². The van der Waals surface area contributed by atoms with Gasteiger partial charge in [0.25, 0.3) is 0 Å². The van der Waals surface area contributed by atoms with E-state index < -0.39 is 0 Å². The second-order valence-electron chi connectivity index (χ2n) is 3.09. The molecule has 0 saturated carbocycles. The zero-order valence-corrected chi connectivity index (χ0v) is 9.83. The maximum atomic E-state index is 11.5. The number of ketones is 1. The fourth-order valence-electron chi connectivity index (χ4n) is 0.960. The quantitative estimate of drug-likeness (QED) is 0.462. The van der Waals surface area contributed by atoms with E-state index in [1.807, 2.05) is 38.1 Å². The summed E-state index contributed by atoms with van der Waals surface area (Å²) in [4.78, 5) is 11.5.